The van der Waals surface area contributed by atoms with Gasteiger partial charge in [-0.1, -0.05) is 31.2 Å². The molecule has 1 unspecified atom stereocenters. The smallest absolute Gasteiger partial charge is 0.129 e. The van der Waals surface area contributed by atoms with E-state index in [2.05, 4.69) is 0 Å². The summed E-state index contributed by atoms with van der Waals surface area (Å²) >= 11 is 0. The van der Waals surface area contributed by atoms with E-state index in [9.17, 15) is 13.9 Å². The van der Waals surface area contributed by atoms with Gasteiger partial charge in [0.25, 0.3) is 0 Å². The molecule has 2 aromatic rings. The van der Waals surface area contributed by atoms with Crippen LogP contribution in [0.15, 0.2) is 42.5 Å². The van der Waals surface area contributed by atoms with Crippen LogP contribution in [0.1, 0.15) is 29.7 Å². The predicted octanol–water partition coefficient (Wildman–Crippen LogP) is 3.61. The van der Waals surface area contributed by atoms with Crippen molar-refractivity contribution in [2.45, 2.75) is 19.4 Å². The summed E-state index contributed by atoms with van der Waals surface area (Å²) in [5.74, 6) is -1.16. The Labute approximate surface area is 105 Å². The molecule has 0 aliphatic heterocycles. The van der Waals surface area contributed by atoms with Crippen molar-refractivity contribution >= 4 is 0 Å². The van der Waals surface area contributed by atoms with Gasteiger partial charge in [-0.05, 0) is 35.7 Å². The minimum atomic E-state index is -1.14. The quantitative estimate of drug-likeness (QED) is 0.879. The molecule has 3 heteroatoms. The van der Waals surface area contributed by atoms with Crippen LogP contribution in [0.25, 0.3) is 0 Å². The summed E-state index contributed by atoms with van der Waals surface area (Å²) in [5, 5.41) is 10.2. The third-order valence-electron chi connectivity index (χ3n) is 2.98. The second kappa shape index (κ2) is 5.27. The van der Waals surface area contributed by atoms with E-state index in [0.29, 0.717) is 5.56 Å². The van der Waals surface area contributed by atoms with E-state index in [4.69, 9.17) is 0 Å². The Morgan fingerprint density at radius 2 is 1.78 bits per heavy atom. The Morgan fingerprint density at radius 1 is 1.06 bits per heavy atom. The lowest BCUT2D eigenvalue weighted by molar-refractivity contribution is 0.213. The van der Waals surface area contributed by atoms with Gasteiger partial charge >= 0.3 is 0 Å². The summed E-state index contributed by atoms with van der Waals surface area (Å²) in [4.78, 5) is 0. The standard InChI is InChI=1S/C15H14F2O/c1-2-10-5-3-4-6-12(10)15(18)13-9-11(16)7-8-14(13)17/h3-9,15,18H,2H2,1H3. The maximum atomic E-state index is 13.6. The van der Waals surface area contributed by atoms with Crippen LogP contribution in [-0.2, 0) is 6.42 Å². The van der Waals surface area contributed by atoms with E-state index in [-0.39, 0.29) is 5.56 Å². The van der Waals surface area contributed by atoms with Gasteiger partial charge in [-0.3, -0.25) is 0 Å². The maximum absolute atomic E-state index is 13.6. The van der Waals surface area contributed by atoms with Crippen LogP contribution in [0.3, 0.4) is 0 Å². The van der Waals surface area contributed by atoms with Crippen LogP contribution in [0, 0.1) is 11.6 Å². The SMILES string of the molecule is CCc1ccccc1C(O)c1cc(F)ccc1F. The van der Waals surface area contributed by atoms with Crippen molar-refractivity contribution in [2.75, 3.05) is 0 Å². The fraction of sp³-hybridized carbons (Fsp3) is 0.200. The number of benzene rings is 2. The second-order valence-corrected chi connectivity index (χ2v) is 4.12. The molecule has 2 aromatic carbocycles. The van der Waals surface area contributed by atoms with Crippen LogP contribution >= 0.6 is 0 Å². The third-order valence-corrected chi connectivity index (χ3v) is 2.98. The summed E-state index contributed by atoms with van der Waals surface area (Å²) in [5.41, 5.74) is 1.51. The van der Waals surface area contributed by atoms with Crippen molar-refractivity contribution in [1.82, 2.24) is 0 Å². The Balaban J connectivity index is 2.47. The highest BCUT2D eigenvalue weighted by Gasteiger charge is 2.17. The van der Waals surface area contributed by atoms with Gasteiger partial charge in [0.05, 0.1) is 0 Å². The average molecular weight is 248 g/mol. The van der Waals surface area contributed by atoms with Crippen molar-refractivity contribution in [3.8, 4) is 0 Å². The van der Waals surface area contributed by atoms with Crippen LogP contribution in [-0.4, -0.2) is 5.11 Å². The van der Waals surface area contributed by atoms with Crippen molar-refractivity contribution in [3.05, 3.63) is 70.8 Å². The monoisotopic (exact) mass is 248 g/mol. The van der Waals surface area contributed by atoms with Crippen LogP contribution in [0.5, 0.6) is 0 Å². The fourth-order valence-electron chi connectivity index (χ4n) is 2.01. The zero-order valence-electron chi connectivity index (χ0n) is 10.0. The normalized spacial score (nSPS) is 12.4. The van der Waals surface area contributed by atoms with Crippen molar-refractivity contribution < 1.29 is 13.9 Å². The molecule has 0 saturated carbocycles. The molecule has 0 saturated heterocycles. The highest BCUT2D eigenvalue weighted by Crippen LogP contribution is 2.27. The number of hydrogen-bond donors (Lipinski definition) is 1. The number of aryl methyl sites for hydroxylation is 1. The van der Waals surface area contributed by atoms with E-state index in [1.807, 2.05) is 19.1 Å². The van der Waals surface area contributed by atoms with E-state index < -0.39 is 17.7 Å². The summed E-state index contributed by atoms with van der Waals surface area (Å²) in [6, 6.07) is 10.3. The molecule has 0 fully saturated rings. The van der Waals surface area contributed by atoms with E-state index in [0.717, 1.165) is 30.2 Å². The first-order valence-electron chi connectivity index (χ1n) is 5.84. The number of hydrogen-bond acceptors (Lipinski definition) is 1. The fourth-order valence-corrected chi connectivity index (χ4v) is 2.01. The summed E-state index contributed by atoms with van der Waals surface area (Å²) < 4.78 is 26.7. The molecule has 1 N–H and O–H groups in total. The van der Waals surface area contributed by atoms with Crippen molar-refractivity contribution in [2.24, 2.45) is 0 Å². The Kier molecular flexibility index (Phi) is 3.72. The molecule has 0 amide bonds. The van der Waals surface area contributed by atoms with Gasteiger partial charge in [0.15, 0.2) is 0 Å². The van der Waals surface area contributed by atoms with Crippen LogP contribution < -0.4 is 0 Å². The lowest BCUT2D eigenvalue weighted by Crippen LogP contribution is -2.06. The van der Waals surface area contributed by atoms with Gasteiger partial charge in [0, 0.05) is 5.56 Å². The molecule has 0 aliphatic rings. The molecular formula is C15H14F2O. The summed E-state index contributed by atoms with van der Waals surface area (Å²) in [7, 11) is 0. The van der Waals surface area contributed by atoms with E-state index in [1.165, 1.54) is 0 Å². The molecule has 0 heterocycles. The van der Waals surface area contributed by atoms with Gasteiger partial charge in [-0.15, -0.1) is 0 Å². The largest absolute Gasteiger partial charge is 0.384 e. The number of rotatable bonds is 3. The number of aliphatic hydroxyl groups is 1. The highest BCUT2D eigenvalue weighted by molar-refractivity contribution is 5.36. The molecule has 0 aliphatic carbocycles. The topological polar surface area (TPSA) is 20.2 Å². The molecule has 0 bridgehead atoms. The Hall–Kier alpha value is -1.74. The molecule has 18 heavy (non-hydrogen) atoms. The molecule has 0 spiro atoms. The van der Waals surface area contributed by atoms with E-state index in [1.54, 1.807) is 12.1 Å². The molecule has 1 atom stereocenters. The summed E-state index contributed by atoms with van der Waals surface area (Å²) in [6.07, 6.45) is -0.415. The average Bonchev–Trinajstić information content (AvgIpc) is 2.40. The molecule has 2 rings (SSSR count). The van der Waals surface area contributed by atoms with Gasteiger partial charge in [0.2, 0.25) is 0 Å². The minimum absolute atomic E-state index is 0.0316. The van der Waals surface area contributed by atoms with Crippen LogP contribution in [0.4, 0.5) is 8.78 Å². The van der Waals surface area contributed by atoms with Crippen molar-refractivity contribution in [1.29, 1.82) is 0 Å². The first-order chi connectivity index (χ1) is 8.63. The third kappa shape index (κ3) is 2.41. The zero-order chi connectivity index (χ0) is 13.1. The number of halogens is 2. The zero-order valence-corrected chi connectivity index (χ0v) is 10.0. The lowest BCUT2D eigenvalue weighted by Gasteiger charge is -2.16. The Morgan fingerprint density at radius 3 is 2.50 bits per heavy atom. The van der Waals surface area contributed by atoms with Gasteiger partial charge in [-0.2, -0.15) is 0 Å². The van der Waals surface area contributed by atoms with Crippen LogP contribution in [0.2, 0.25) is 0 Å². The highest BCUT2D eigenvalue weighted by atomic mass is 19.1. The first-order valence-corrected chi connectivity index (χ1v) is 5.84. The maximum Gasteiger partial charge on any atom is 0.129 e. The Bertz CT molecular complexity index is 552. The molecule has 1 nitrogen and oxygen atoms in total. The molecule has 0 aromatic heterocycles. The molecule has 94 valence electrons. The van der Waals surface area contributed by atoms with Gasteiger partial charge in [0.1, 0.15) is 17.7 Å². The number of aliphatic hydroxyl groups excluding tert-OH is 1. The first kappa shape index (κ1) is 12.7. The molecular weight excluding hydrogens is 234 g/mol. The van der Waals surface area contributed by atoms with E-state index >= 15 is 0 Å². The minimum Gasteiger partial charge on any atom is -0.384 e. The van der Waals surface area contributed by atoms with Gasteiger partial charge in [-0.25, -0.2) is 8.78 Å². The second-order valence-electron chi connectivity index (χ2n) is 4.12. The molecule has 0 radical (unpaired) electrons. The predicted molar refractivity (Wildman–Crippen MR) is 66.2 cm³/mol. The lowest BCUT2D eigenvalue weighted by atomic mass is 9.95. The van der Waals surface area contributed by atoms with Gasteiger partial charge < -0.3 is 5.11 Å². The summed E-state index contributed by atoms with van der Waals surface area (Å²) in [6.45, 7) is 1.95. The van der Waals surface area contributed by atoms with Crippen molar-refractivity contribution in [3.63, 3.8) is 0 Å².